The summed E-state index contributed by atoms with van der Waals surface area (Å²) in [6, 6.07) is -0.290. The Balaban J connectivity index is 1.26. The zero-order valence-electron chi connectivity index (χ0n) is 29.8. The standard InChI is InChI=1S/C35H60N10O2/c1-24(2)19-25-7-9-26(10-8-25)32-29(22-44(6)18-16-37-4)30(40-42-32)23-45-33(46)35(39-34(45)47)13-11-27(12-14-35)31-28(20-38-41-31)21-43(5)17-15-36-3/h20,24-27,36-37H,7-19,21-23H2,1-6H3,(H,38,41)(H,39,47)(H,40,42). The van der Waals surface area contributed by atoms with Crippen LogP contribution in [-0.4, -0.2) is 107 Å². The molecule has 12 nitrogen and oxygen atoms in total. The lowest BCUT2D eigenvalue weighted by molar-refractivity contribution is -0.133. The topological polar surface area (TPSA) is 137 Å². The summed E-state index contributed by atoms with van der Waals surface area (Å²) in [4.78, 5) is 33.6. The lowest BCUT2D eigenvalue weighted by Gasteiger charge is -2.35. The average molecular weight is 653 g/mol. The first-order valence-electron chi connectivity index (χ1n) is 18.0. The molecule has 2 aliphatic carbocycles. The van der Waals surface area contributed by atoms with Crippen molar-refractivity contribution in [3.05, 3.63) is 34.4 Å². The van der Waals surface area contributed by atoms with Crippen LogP contribution in [0.3, 0.4) is 0 Å². The molecule has 47 heavy (non-hydrogen) atoms. The number of carbonyl (C=O) groups is 2. The molecule has 0 radical (unpaired) electrons. The second-order valence-electron chi connectivity index (χ2n) is 15.1. The summed E-state index contributed by atoms with van der Waals surface area (Å²) in [5, 5.41) is 25.4. The molecule has 1 aliphatic heterocycles. The van der Waals surface area contributed by atoms with Crippen molar-refractivity contribution in [1.29, 1.82) is 0 Å². The van der Waals surface area contributed by atoms with Crippen LogP contribution in [0.2, 0.25) is 0 Å². The fraction of sp³-hybridized carbons (Fsp3) is 0.771. The number of H-pyrrole nitrogens is 2. The molecule has 3 heterocycles. The van der Waals surface area contributed by atoms with E-state index < -0.39 is 5.54 Å². The van der Waals surface area contributed by atoms with Crippen LogP contribution in [0.15, 0.2) is 6.20 Å². The highest BCUT2D eigenvalue weighted by atomic mass is 16.2. The van der Waals surface area contributed by atoms with E-state index in [1.165, 1.54) is 35.4 Å². The van der Waals surface area contributed by atoms with Crippen molar-refractivity contribution >= 4 is 11.9 Å². The first-order chi connectivity index (χ1) is 22.6. The SMILES string of the molecule is CNCCN(C)Cc1cn[nH]c1C1CCC2(CC1)NC(=O)N(Cc1[nH]nc(C3CCC(CC(C)C)CC3)c1CN(C)CCNC)C2=O. The molecule has 0 bridgehead atoms. The van der Waals surface area contributed by atoms with E-state index in [1.807, 2.05) is 20.3 Å². The number of urea groups is 1. The van der Waals surface area contributed by atoms with Gasteiger partial charge in [-0.15, -0.1) is 0 Å². The van der Waals surface area contributed by atoms with Gasteiger partial charge in [0.25, 0.3) is 5.91 Å². The smallest absolute Gasteiger partial charge is 0.323 e. The molecule has 12 heteroatoms. The molecule has 1 spiro atoms. The molecular weight excluding hydrogens is 592 g/mol. The summed E-state index contributed by atoms with van der Waals surface area (Å²) >= 11 is 0. The largest absolute Gasteiger partial charge is 0.325 e. The summed E-state index contributed by atoms with van der Waals surface area (Å²) in [6.07, 6.45) is 10.9. The number of hydrogen-bond donors (Lipinski definition) is 5. The van der Waals surface area contributed by atoms with Gasteiger partial charge in [0.2, 0.25) is 0 Å². The molecule has 2 aromatic rings. The average Bonchev–Trinajstić information content (AvgIpc) is 3.73. The third-order valence-corrected chi connectivity index (χ3v) is 10.9. The maximum atomic E-state index is 14.1. The van der Waals surface area contributed by atoms with Crippen molar-refractivity contribution in [1.82, 2.24) is 51.0 Å². The van der Waals surface area contributed by atoms with Crippen LogP contribution in [0, 0.1) is 11.8 Å². The normalized spacial score (nSPS) is 25.2. The molecule has 3 fully saturated rings. The monoisotopic (exact) mass is 652 g/mol. The first kappa shape index (κ1) is 35.5. The van der Waals surface area contributed by atoms with E-state index in [0.717, 1.165) is 93.7 Å². The minimum Gasteiger partial charge on any atom is -0.323 e. The van der Waals surface area contributed by atoms with Crippen LogP contribution in [0.1, 0.15) is 112 Å². The van der Waals surface area contributed by atoms with E-state index >= 15 is 0 Å². The van der Waals surface area contributed by atoms with Gasteiger partial charge in [0, 0.05) is 67.9 Å². The van der Waals surface area contributed by atoms with Gasteiger partial charge in [0.05, 0.1) is 24.1 Å². The Kier molecular flexibility index (Phi) is 12.1. The van der Waals surface area contributed by atoms with Crippen LogP contribution in [-0.2, 0) is 24.4 Å². The van der Waals surface area contributed by atoms with Crippen LogP contribution < -0.4 is 16.0 Å². The molecule has 0 aromatic carbocycles. The number of hydrogen-bond acceptors (Lipinski definition) is 8. The Labute approximate surface area is 281 Å². The number of nitrogens with one attached hydrogen (secondary N) is 5. The number of imide groups is 1. The Morgan fingerprint density at radius 2 is 1.60 bits per heavy atom. The zero-order chi connectivity index (χ0) is 33.6. The van der Waals surface area contributed by atoms with Crippen molar-refractivity contribution in [2.75, 3.05) is 54.4 Å². The van der Waals surface area contributed by atoms with Crippen LogP contribution in [0.4, 0.5) is 4.79 Å². The van der Waals surface area contributed by atoms with E-state index in [0.29, 0.717) is 24.7 Å². The highest BCUT2D eigenvalue weighted by Gasteiger charge is 2.53. The van der Waals surface area contributed by atoms with E-state index in [-0.39, 0.29) is 18.5 Å². The number of carbonyl (C=O) groups excluding carboxylic acids is 2. The Bertz CT molecular complexity index is 1310. The fourth-order valence-corrected chi connectivity index (χ4v) is 8.24. The number of rotatable bonds is 16. The molecule has 0 unspecified atom stereocenters. The summed E-state index contributed by atoms with van der Waals surface area (Å²) in [7, 11) is 8.19. The van der Waals surface area contributed by atoms with Crippen LogP contribution in [0.25, 0.3) is 0 Å². The Hall–Kier alpha value is -2.80. The molecule has 2 saturated carbocycles. The summed E-state index contributed by atoms with van der Waals surface area (Å²) in [6.45, 7) is 10.1. The fourth-order valence-electron chi connectivity index (χ4n) is 8.24. The molecule has 3 aliphatic rings. The first-order valence-corrected chi connectivity index (χ1v) is 18.0. The second kappa shape index (κ2) is 16.1. The highest BCUT2D eigenvalue weighted by Crippen LogP contribution is 2.43. The van der Waals surface area contributed by atoms with Gasteiger partial charge in [-0.05, 0) is 97.8 Å². The summed E-state index contributed by atoms with van der Waals surface area (Å²) in [5.74, 6) is 2.14. The van der Waals surface area contributed by atoms with Gasteiger partial charge in [-0.3, -0.25) is 19.9 Å². The number of aromatic nitrogens is 4. The molecule has 5 N–H and O–H groups in total. The Morgan fingerprint density at radius 3 is 2.23 bits per heavy atom. The van der Waals surface area contributed by atoms with Gasteiger partial charge in [0.15, 0.2) is 0 Å². The van der Waals surface area contributed by atoms with E-state index in [4.69, 9.17) is 5.10 Å². The Morgan fingerprint density at radius 1 is 0.936 bits per heavy atom. The quantitative estimate of drug-likeness (QED) is 0.172. The third kappa shape index (κ3) is 8.44. The molecule has 5 rings (SSSR count). The number of amides is 3. The predicted octanol–water partition coefficient (Wildman–Crippen LogP) is 3.90. The second-order valence-corrected chi connectivity index (χ2v) is 15.1. The number of nitrogens with zero attached hydrogens (tertiary/aromatic N) is 5. The molecule has 0 atom stereocenters. The van der Waals surface area contributed by atoms with Crippen molar-refractivity contribution < 1.29 is 9.59 Å². The van der Waals surface area contributed by atoms with Crippen molar-refractivity contribution in [3.63, 3.8) is 0 Å². The highest BCUT2D eigenvalue weighted by molar-refractivity contribution is 6.07. The van der Waals surface area contributed by atoms with Gasteiger partial charge in [-0.1, -0.05) is 13.8 Å². The minimum absolute atomic E-state index is 0.0996. The molecule has 262 valence electrons. The lowest BCUT2D eigenvalue weighted by atomic mass is 9.74. The van der Waals surface area contributed by atoms with Crippen LogP contribution >= 0.6 is 0 Å². The summed E-state index contributed by atoms with van der Waals surface area (Å²) < 4.78 is 0. The van der Waals surface area contributed by atoms with E-state index in [9.17, 15) is 9.59 Å². The lowest BCUT2D eigenvalue weighted by Crippen LogP contribution is -2.49. The molecular formula is C35H60N10O2. The maximum absolute atomic E-state index is 14.1. The van der Waals surface area contributed by atoms with E-state index in [2.05, 4.69) is 69.0 Å². The molecule has 1 saturated heterocycles. The maximum Gasteiger partial charge on any atom is 0.325 e. The van der Waals surface area contributed by atoms with Gasteiger partial charge in [-0.25, -0.2) is 4.79 Å². The van der Waals surface area contributed by atoms with Gasteiger partial charge < -0.3 is 25.8 Å². The number of likely N-dealkylation sites (N-methyl/N-ethyl adjacent to an activating group) is 4. The van der Waals surface area contributed by atoms with Gasteiger partial charge >= 0.3 is 6.03 Å². The zero-order valence-corrected chi connectivity index (χ0v) is 29.8. The van der Waals surface area contributed by atoms with Crippen LogP contribution in [0.5, 0.6) is 0 Å². The minimum atomic E-state index is -0.835. The molecule has 3 amide bonds. The van der Waals surface area contributed by atoms with Crippen molar-refractivity contribution in [2.45, 2.75) is 109 Å². The number of aromatic amines is 2. The molecule has 2 aromatic heterocycles. The van der Waals surface area contributed by atoms with Gasteiger partial charge in [-0.2, -0.15) is 10.2 Å². The van der Waals surface area contributed by atoms with Crippen molar-refractivity contribution in [3.8, 4) is 0 Å². The predicted molar refractivity (Wildman–Crippen MR) is 185 cm³/mol. The van der Waals surface area contributed by atoms with Gasteiger partial charge in [0.1, 0.15) is 5.54 Å². The third-order valence-electron chi connectivity index (χ3n) is 10.9. The van der Waals surface area contributed by atoms with E-state index in [1.54, 1.807) is 0 Å². The van der Waals surface area contributed by atoms with Crippen molar-refractivity contribution in [2.24, 2.45) is 11.8 Å². The summed E-state index contributed by atoms with van der Waals surface area (Å²) in [5.41, 5.74) is 4.72.